The highest BCUT2D eigenvalue weighted by Gasteiger charge is 2.41. The second-order valence-corrected chi connectivity index (χ2v) is 11.0. The largest absolute Gasteiger partial charge is 0.489 e. The van der Waals surface area contributed by atoms with E-state index < -0.39 is 5.92 Å². The predicted octanol–water partition coefficient (Wildman–Crippen LogP) is 7.26. The number of ketones is 1. The van der Waals surface area contributed by atoms with Crippen molar-refractivity contribution in [2.45, 2.75) is 52.6 Å². The van der Waals surface area contributed by atoms with Crippen molar-refractivity contribution >= 4 is 27.4 Å². The minimum Gasteiger partial charge on any atom is -0.489 e. The molecule has 6 heteroatoms. The molecule has 0 amide bonds. The molecule has 0 bridgehead atoms. The van der Waals surface area contributed by atoms with Gasteiger partial charge in [0.05, 0.1) is 17.6 Å². The van der Waals surface area contributed by atoms with Gasteiger partial charge in [-0.1, -0.05) is 57.4 Å². The number of carbonyl (C=O) groups is 1. The smallest absolute Gasteiger partial charge is 0.161 e. The van der Waals surface area contributed by atoms with Gasteiger partial charge in [0.25, 0.3) is 0 Å². The molecule has 192 valence electrons. The fourth-order valence-electron chi connectivity index (χ4n) is 5.52. The summed E-state index contributed by atoms with van der Waals surface area (Å²) in [5, 5.41) is 10.4. The number of ether oxygens (including phenoxy) is 1. The first-order valence-electron chi connectivity index (χ1n) is 12.8. The Morgan fingerprint density at radius 1 is 1.05 bits per heavy atom. The number of aryl methyl sites for hydroxylation is 2. The molecule has 0 aromatic heterocycles. The summed E-state index contributed by atoms with van der Waals surface area (Å²) in [5.74, 6) is 0.746. The summed E-state index contributed by atoms with van der Waals surface area (Å²) < 4.78 is 7.02. The number of hydrogen-bond donors (Lipinski definition) is 1. The second kappa shape index (κ2) is 10.5. The monoisotopic (exact) mass is 567 g/mol. The van der Waals surface area contributed by atoms with Gasteiger partial charge in [-0.3, -0.25) is 9.69 Å². The Labute approximate surface area is 232 Å². The number of nitrogens with two attached hydrogens (primary N) is 1. The molecule has 1 aliphatic carbocycles. The number of hydrogen-bond acceptors (Lipinski definition) is 5. The summed E-state index contributed by atoms with van der Waals surface area (Å²) in [7, 11) is 0. The highest BCUT2D eigenvalue weighted by molar-refractivity contribution is 9.10. The van der Waals surface area contributed by atoms with Crippen LogP contribution in [0.3, 0.4) is 0 Å². The first-order valence-corrected chi connectivity index (χ1v) is 13.6. The van der Waals surface area contributed by atoms with E-state index in [-0.39, 0.29) is 5.78 Å². The average molecular weight is 569 g/mol. The average Bonchev–Trinajstić information content (AvgIpc) is 2.89. The number of anilines is 1. The molecule has 2 aliphatic rings. The zero-order valence-electron chi connectivity index (χ0n) is 21.8. The van der Waals surface area contributed by atoms with E-state index in [1.807, 2.05) is 74.2 Å². The molecular formula is C32H30BrN3O2. The van der Waals surface area contributed by atoms with Crippen molar-refractivity contribution in [3.8, 4) is 11.8 Å². The molecule has 1 atom stereocenters. The second-order valence-electron chi connectivity index (χ2n) is 10.0. The van der Waals surface area contributed by atoms with Gasteiger partial charge in [-0.2, -0.15) is 5.26 Å². The summed E-state index contributed by atoms with van der Waals surface area (Å²) in [5.41, 5.74) is 14.8. The lowest BCUT2D eigenvalue weighted by molar-refractivity contribution is -0.116. The van der Waals surface area contributed by atoms with Crippen LogP contribution < -0.4 is 15.4 Å². The van der Waals surface area contributed by atoms with E-state index in [9.17, 15) is 10.1 Å². The van der Waals surface area contributed by atoms with Crippen molar-refractivity contribution < 1.29 is 9.53 Å². The van der Waals surface area contributed by atoms with Crippen molar-refractivity contribution in [3.63, 3.8) is 0 Å². The normalized spacial score (nSPS) is 17.4. The van der Waals surface area contributed by atoms with Crippen LogP contribution in [0, 0.1) is 32.1 Å². The van der Waals surface area contributed by atoms with Crippen LogP contribution >= 0.6 is 15.9 Å². The number of carbonyl (C=O) groups excluding carboxylic acids is 1. The zero-order chi connectivity index (χ0) is 27.0. The summed E-state index contributed by atoms with van der Waals surface area (Å²) in [6.07, 6.45) is 1.94. The lowest BCUT2D eigenvalue weighted by Gasteiger charge is -2.40. The summed E-state index contributed by atoms with van der Waals surface area (Å²) in [6, 6.07) is 22.4. The lowest BCUT2D eigenvalue weighted by Crippen LogP contribution is -2.39. The van der Waals surface area contributed by atoms with Gasteiger partial charge < -0.3 is 10.5 Å². The number of rotatable bonds is 5. The first kappa shape index (κ1) is 25.8. The topological polar surface area (TPSA) is 79.3 Å². The van der Waals surface area contributed by atoms with Crippen LogP contribution in [-0.4, -0.2) is 5.78 Å². The molecule has 3 aromatic carbocycles. The molecule has 2 N–H and O–H groups in total. The van der Waals surface area contributed by atoms with Crippen LogP contribution in [0.15, 0.2) is 87.8 Å². The Bertz CT molecular complexity index is 1530. The summed E-state index contributed by atoms with van der Waals surface area (Å²) in [4.78, 5) is 15.5. The summed E-state index contributed by atoms with van der Waals surface area (Å²) >= 11 is 3.55. The molecule has 1 heterocycles. The molecule has 0 saturated carbocycles. The third-order valence-corrected chi connectivity index (χ3v) is 7.90. The van der Waals surface area contributed by atoms with Gasteiger partial charge in [-0.15, -0.1) is 0 Å². The van der Waals surface area contributed by atoms with E-state index >= 15 is 0 Å². The fourth-order valence-corrected chi connectivity index (χ4v) is 5.90. The van der Waals surface area contributed by atoms with Crippen molar-refractivity contribution in [3.05, 3.63) is 116 Å². The molecular weight excluding hydrogens is 538 g/mol. The van der Waals surface area contributed by atoms with Crippen LogP contribution in [0.4, 0.5) is 5.69 Å². The van der Waals surface area contributed by atoms with Crippen LogP contribution in [0.25, 0.3) is 0 Å². The molecule has 0 spiro atoms. The maximum Gasteiger partial charge on any atom is 0.161 e. The Kier molecular flexibility index (Phi) is 7.14. The zero-order valence-corrected chi connectivity index (χ0v) is 23.4. The fraction of sp³-hybridized carbons (Fsp3) is 0.250. The van der Waals surface area contributed by atoms with Gasteiger partial charge >= 0.3 is 0 Å². The van der Waals surface area contributed by atoms with Crippen molar-refractivity contribution in [1.82, 2.24) is 0 Å². The van der Waals surface area contributed by atoms with Gasteiger partial charge in [-0.25, -0.2) is 0 Å². The van der Waals surface area contributed by atoms with Crippen molar-refractivity contribution in [1.29, 1.82) is 5.26 Å². The molecule has 38 heavy (non-hydrogen) atoms. The Hall–Kier alpha value is -3.82. The van der Waals surface area contributed by atoms with E-state index in [0.717, 1.165) is 56.7 Å². The van der Waals surface area contributed by atoms with Crippen molar-refractivity contribution in [2.24, 2.45) is 5.73 Å². The molecule has 1 aliphatic heterocycles. The standard InChI is InChI=1S/C32H30BrN3O2/c1-19-10-12-25(13-11-19)38-18-22-14-20(2)15-26(21(22)3)30-27(17-34)32(35)36(24-7-4-6-23(33)16-24)28-8-5-9-29(37)31(28)30/h4,6-7,10-16,30H,5,8-9,18,35H2,1-3H3. The third kappa shape index (κ3) is 4.75. The molecule has 1 unspecified atom stereocenters. The van der Waals surface area contributed by atoms with Crippen LogP contribution in [0.2, 0.25) is 0 Å². The van der Waals surface area contributed by atoms with Crippen LogP contribution in [-0.2, 0) is 11.4 Å². The van der Waals surface area contributed by atoms with Crippen molar-refractivity contribution in [2.75, 3.05) is 4.90 Å². The molecule has 5 nitrogen and oxygen atoms in total. The minimum atomic E-state index is -0.510. The predicted molar refractivity (Wildman–Crippen MR) is 153 cm³/mol. The van der Waals surface area contributed by atoms with E-state index in [0.29, 0.717) is 30.0 Å². The lowest BCUT2D eigenvalue weighted by atomic mass is 9.73. The molecule has 0 radical (unpaired) electrons. The van der Waals surface area contributed by atoms with E-state index in [4.69, 9.17) is 10.5 Å². The Morgan fingerprint density at radius 2 is 1.82 bits per heavy atom. The summed E-state index contributed by atoms with van der Waals surface area (Å²) in [6.45, 7) is 6.51. The van der Waals surface area contributed by atoms with Gasteiger partial charge in [0.1, 0.15) is 18.2 Å². The van der Waals surface area contributed by atoms with Crippen LogP contribution in [0.5, 0.6) is 5.75 Å². The highest BCUT2D eigenvalue weighted by atomic mass is 79.9. The van der Waals surface area contributed by atoms with Gasteiger partial charge in [0, 0.05) is 27.9 Å². The number of nitriles is 1. The molecule has 0 saturated heterocycles. The Morgan fingerprint density at radius 3 is 2.53 bits per heavy atom. The van der Waals surface area contributed by atoms with E-state index in [1.54, 1.807) is 0 Å². The maximum atomic E-state index is 13.6. The van der Waals surface area contributed by atoms with E-state index in [1.165, 1.54) is 5.56 Å². The van der Waals surface area contributed by atoms with Crippen LogP contribution in [0.1, 0.15) is 53.0 Å². The number of benzene rings is 3. The highest BCUT2D eigenvalue weighted by Crippen LogP contribution is 2.47. The quantitative estimate of drug-likeness (QED) is 0.351. The molecule has 0 fully saturated rings. The third-order valence-electron chi connectivity index (χ3n) is 7.41. The SMILES string of the molecule is Cc1ccc(OCc2cc(C)cc(C3C(C#N)=C(N)N(c4cccc(Br)c4)C4=C3C(=O)CCC4)c2C)cc1. The maximum absolute atomic E-state index is 13.6. The van der Waals surface area contributed by atoms with Gasteiger partial charge in [0.2, 0.25) is 0 Å². The first-order chi connectivity index (χ1) is 18.3. The molecule has 3 aromatic rings. The number of Topliss-reactive ketones (excluding diaryl/α,β-unsaturated/α-hetero) is 1. The Balaban J connectivity index is 1.63. The molecule has 5 rings (SSSR count). The van der Waals surface area contributed by atoms with Gasteiger partial charge in [0.15, 0.2) is 5.78 Å². The number of allylic oxidation sites excluding steroid dienone is 3. The number of halogens is 1. The van der Waals surface area contributed by atoms with Gasteiger partial charge in [-0.05, 0) is 80.6 Å². The number of nitrogens with zero attached hydrogens (tertiary/aromatic N) is 2. The minimum absolute atomic E-state index is 0.0786. The van der Waals surface area contributed by atoms with E-state index in [2.05, 4.69) is 34.1 Å².